The Morgan fingerprint density at radius 3 is 2.75 bits per heavy atom. The lowest BCUT2D eigenvalue weighted by molar-refractivity contribution is -0.131. The second-order valence-corrected chi connectivity index (χ2v) is 5.69. The highest BCUT2D eigenvalue weighted by molar-refractivity contribution is 5.84. The van der Waals surface area contributed by atoms with Gasteiger partial charge in [0.1, 0.15) is 0 Å². The van der Waals surface area contributed by atoms with Crippen molar-refractivity contribution in [3.8, 4) is 0 Å². The van der Waals surface area contributed by atoms with Gasteiger partial charge in [-0.05, 0) is 30.9 Å². The van der Waals surface area contributed by atoms with E-state index in [1.807, 2.05) is 30.2 Å². The Hall–Kier alpha value is -1.77. The van der Waals surface area contributed by atoms with E-state index in [1.165, 1.54) is 10.9 Å². The molecule has 1 amide bonds. The van der Waals surface area contributed by atoms with Crippen LogP contribution >= 0.6 is 0 Å². The molecule has 2 aromatic rings. The minimum atomic E-state index is 0.256. The molecule has 3 heteroatoms. The standard InChI is InChI=1S/C17H24N2O/c1-4-19(12-13(2)3)17(20)10-9-14-11-18-16-8-6-5-7-15(14)16/h5-8,11,13,18H,4,9-10,12H2,1-3H3. The number of hydrogen-bond acceptors (Lipinski definition) is 1. The number of benzene rings is 1. The molecular weight excluding hydrogens is 248 g/mol. The lowest BCUT2D eigenvalue weighted by atomic mass is 10.1. The summed E-state index contributed by atoms with van der Waals surface area (Å²) in [4.78, 5) is 17.5. The predicted molar refractivity (Wildman–Crippen MR) is 83.7 cm³/mol. The molecule has 1 aromatic heterocycles. The number of aryl methyl sites for hydroxylation is 1. The molecule has 0 fully saturated rings. The Labute approximate surface area is 121 Å². The highest BCUT2D eigenvalue weighted by Gasteiger charge is 2.13. The topological polar surface area (TPSA) is 36.1 Å². The number of rotatable bonds is 6. The molecule has 20 heavy (non-hydrogen) atoms. The molecular formula is C17H24N2O. The van der Waals surface area contributed by atoms with Gasteiger partial charge in [0, 0.05) is 36.6 Å². The number of nitrogens with one attached hydrogen (secondary N) is 1. The molecule has 0 aliphatic rings. The second kappa shape index (κ2) is 6.60. The third kappa shape index (κ3) is 3.41. The number of carbonyl (C=O) groups is 1. The van der Waals surface area contributed by atoms with Crippen molar-refractivity contribution in [1.82, 2.24) is 9.88 Å². The average Bonchev–Trinajstić information content (AvgIpc) is 2.85. The van der Waals surface area contributed by atoms with Crippen LogP contribution in [0.1, 0.15) is 32.8 Å². The van der Waals surface area contributed by atoms with Crippen molar-refractivity contribution in [2.45, 2.75) is 33.6 Å². The molecule has 108 valence electrons. The summed E-state index contributed by atoms with van der Waals surface area (Å²) in [5.74, 6) is 0.776. The number of hydrogen-bond donors (Lipinski definition) is 1. The van der Waals surface area contributed by atoms with Gasteiger partial charge >= 0.3 is 0 Å². The molecule has 0 spiro atoms. The van der Waals surface area contributed by atoms with Crippen LogP contribution in [0.5, 0.6) is 0 Å². The van der Waals surface area contributed by atoms with Crippen LogP contribution in [-0.2, 0) is 11.2 Å². The van der Waals surface area contributed by atoms with Gasteiger partial charge < -0.3 is 9.88 Å². The minimum Gasteiger partial charge on any atom is -0.361 e. The number of para-hydroxylation sites is 1. The zero-order chi connectivity index (χ0) is 14.5. The zero-order valence-electron chi connectivity index (χ0n) is 12.6. The molecule has 1 N–H and O–H groups in total. The van der Waals surface area contributed by atoms with E-state index in [4.69, 9.17) is 0 Å². The molecule has 0 atom stereocenters. The van der Waals surface area contributed by atoms with E-state index in [0.29, 0.717) is 12.3 Å². The van der Waals surface area contributed by atoms with E-state index < -0.39 is 0 Å². The van der Waals surface area contributed by atoms with Crippen LogP contribution in [0.2, 0.25) is 0 Å². The van der Waals surface area contributed by atoms with E-state index in [2.05, 4.69) is 31.0 Å². The first-order valence-corrected chi connectivity index (χ1v) is 7.44. The number of H-pyrrole nitrogens is 1. The molecule has 0 bridgehead atoms. The summed E-state index contributed by atoms with van der Waals surface area (Å²) in [5, 5.41) is 1.23. The van der Waals surface area contributed by atoms with Gasteiger partial charge in [-0.15, -0.1) is 0 Å². The summed E-state index contributed by atoms with van der Waals surface area (Å²) in [7, 11) is 0. The molecule has 2 rings (SSSR count). The molecule has 0 aliphatic heterocycles. The third-order valence-electron chi connectivity index (χ3n) is 3.60. The summed E-state index contributed by atoms with van der Waals surface area (Å²) in [5.41, 5.74) is 2.37. The molecule has 0 saturated heterocycles. The highest BCUT2D eigenvalue weighted by atomic mass is 16.2. The van der Waals surface area contributed by atoms with E-state index in [-0.39, 0.29) is 5.91 Å². The van der Waals surface area contributed by atoms with Crippen molar-refractivity contribution < 1.29 is 4.79 Å². The molecule has 1 aromatic carbocycles. The number of aromatic amines is 1. The van der Waals surface area contributed by atoms with E-state index >= 15 is 0 Å². The Morgan fingerprint density at radius 1 is 1.30 bits per heavy atom. The van der Waals surface area contributed by atoms with Crippen molar-refractivity contribution in [2.24, 2.45) is 5.92 Å². The largest absolute Gasteiger partial charge is 0.361 e. The van der Waals surface area contributed by atoms with Crippen LogP contribution in [0.15, 0.2) is 30.5 Å². The predicted octanol–water partition coefficient (Wildman–Crippen LogP) is 3.61. The maximum absolute atomic E-state index is 12.3. The Kier molecular flexibility index (Phi) is 4.83. The first kappa shape index (κ1) is 14.6. The third-order valence-corrected chi connectivity index (χ3v) is 3.60. The van der Waals surface area contributed by atoms with Gasteiger partial charge in [0.25, 0.3) is 0 Å². The summed E-state index contributed by atoms with van der Waals surface area (Å²) in [6.07, 6.45) is 3.41. The van der Waals surface area contributed by atoms with Gasteiger partial charge in [0.2, 0.25) is 5.91 Å². The fourth-order valence-electron chi connectivity index (χ4n) is 2.59. The quantitative estimate of drug-likeness (QED) is 0.857. The first-order valence-electron chi connectivity index (χ1n) is 7.44. The number of carbonyl (C=O) groups excluding carboxylic acids is 1. The van der Waals surface area contributed by atoms with Crippen LogP contribution in [0.3, 0.4) is 0 Å². The SMILES string of the molecule is CCN(CC(C)C)C(=O)CCc1c[nH]c2ccccc12. The summed E-state index contributed by atoms with van der Waals surface area (Å²) < 4.78 is 0. The maximum atomic E-state index is 12.3. The van der Waals surface area contributed by atoms with Crippen LogP contribution in [0, 0.1) is 5.92 Å². The second-order valence-electron chi connectivity index (χ2n) is 5.69. The van der Waals surface area contributed by atoms with Crippen molar-refractivity contribution >= 4 is 16.8 Å². The first-order chi connectivity index (χ1) is 9.61. The Morgan fingerprint density at radius 2 is 2.05 bits per heavy atom. The molecule has 3 nitrogen and oxygen atoms in total. The molecule has 0 radical (unpaired) electrons. The summed E-state index contributed by atoms with van der Waals surface area (Å²) in [6, 6.07) is 8.24. The van der Waals surface area contributed by atoms with Crippen LogP contribution in [-0.4, -0.2) is 28.9 Å². The average molecular weight is 272 g/mol. The van der Waals surface area contributed by atoms with Crippen LogP contribution < -0.4 is 0 Å². The number of nitrogens with zero attached hydrogens (tertiary/aromatic N) is 1. The smallest absolute Gasteiger partial charge is 0.222 e. The lowest BCUT2D eigenvalue weighted by Crippen LogP contribution is -2.34. The summed E-state index contributed by atoms with van der Waals surface area (Å²) in [6.45, 7) is 7.99. The highest BCUT2D eigenvalue weighted by Crippen LogP contribution is 2.19. The van der Waals surface area contributed by atoms with Gasteiger partial charge in [-0.3, -0.25) is 4.79 Å². The minimum absolute atomic E-state index is 0.256. The normalized spacial score (nSPS) is 11.2. The van der Waals surface area contributed by atoms with Gasteiger partial charge in [-0.2, -0.15) is 0 Å². The molecule has 0 saturated carbocycles. The van der Waals surface area contributed by atoms with Crippen molar-refractivity contribution in [2.75, 3.05) is 13.1 Å². The van der Waals surface area contributed by atoms with Crippen molar-refractivity contribution in [1.29, 1.82) is 0 Å². The molecule has 0 unspecified atom stereocenters. The summed E-state index contributed by atoms with van der Waals surface area (Å²) >= 11 is 0. The lowest BCUT2D eigenvalue weighted by Gasteiger charge is -2.22. The van der Waals surface area contributed by atoms with Crippen molar-refractivity contribution in [3.63, 3.8) is 0 Å². The Balaban J connectivity index is 1.99. The van der Waals surface area contributed by atoms with Gasteiger partial charge in [-0.1, -0.05) is 32.0 Å². The van der Waals surface area contributed by atoms with Gasteiger partial charge in [0.05, 0.1) is 0 Å². The maximum Gasteiger partial charge on any atom is 0.222 e. The monoisotopic (exact) mass is 272 g/mol. The molecule has 0 aliphatic carbocycles. The van der Waals surface area contributed by atoms with Crippen LogP contribution in [0.25, 0.3) is 10.9 Å². The van der Waals surface area contributed by atoms with E-state index in [1.54, 1.807) is 0 Å². The van der Waals surface area contributed by atoms with Crippen molar-refractivity contribution in [3.05, 3.63) is 36.0 Å². The van der Waals surface area contributed by atoms with Crippen LogP contribution in [0.4, 0.5) is 0 Å². The number of amides is 1. The molecule has 1 heterocycles. The van der Waals surface area contributed by atoms with Gasteiger partial charge in [0.15, 0.2) is 0 Å². The fourth-order valence-corrected chi connectivity index (χ4v) is 2.59. The number of fused-ring (bicyclic) bond motifs is 1. The Bertz CT molecular complexity index is 571. The fraction of sp³-hybridized carbons (Fsp3) is 0.471. The van der Waals surface area contributed by atoms with Gasteiger partial charge in [-0.25, -0.2) is 0 Å². The number of aromatic nitrogens is 1. The van der Waals surface area contributed by atoms with E-state index in [0.717, 1.165) is 25.0 Å². The zero-order valence-corrected chi connectivity index (χ0v) is 12.6. The van der Waals surface area contributed by atoms with E-state index in [9.17, 15) is 4.79 Å².